The molecule has 6 nitrogen and oxygen atoms in total. The normalized spacial score (nSPS) is 15.2. The lowest BCUT2D eigenvalue weighted by Crippen LogP contribution is -2.38. The van der Waals surface area contributed by atoms with Crippen LogP contribution in [0.5, 0.6) is 0 Å². The molecule has 0 radical (unpaired) electrons. The summed E-state index contributed by atoms with van der Waals surface area (Å²) >= 11 is 0. The van der Waals surface area contributed by atoms with Crippen LogP contribution in [-0.4, -0.2) is 17.4 Å². The Balaban J connectivity index is 1.93. The van der Waals surface area contributed by atoms with Crippen LogP contribution < -0.4 is 9.44 Å². The monoisotopic (exact) mass is 474 g/mol. The van der Waals surface area contributed by atoms with Gasteiger partial charge >= 0.3 is 0 Å². The lowest BCUT2D eigenvalue weighted by molar-refractivity contribution is 0.400. The topological polar surface area (TPSA) is 88.4 Å². The average Bonchev–Trinajstić information content (AvgIpc) is 3.27. The van der Waals surface area contributed by atoms with Crippen molar-refractivity contribution in [2.45, 2.75) is 55.8 Å². The molecule has 3 atom stereocenters. The molecule has 0 aliphatic rings. The molecule has 3 rings (SSSR count). The maximum Gasteiger partial charge on any atom is 0.241 e. The van der Waals surface area contributed by atoms with Crippen LogP contribution in [0.2, 0.25) is 0 Å². The highest BCUT2D eigenvalue weighted by Gasteiger charge is 2.30. The highest BCUT2D eigenvalue weighted by atomic mass is 32.2. The quantitative estimate of drug-likeness (QED) is 0.467. The van der Waals surface area contributed by atoms with E-state index in [4.69, 9.17) is 4.42 Å². The lowest BCUT2D eigenvalue weighted by Gasteiger charge is -2.27. The SMILES string of the molecule is Cc1ccc(S(=O)(=O)N[C@@H](C[C@H](N[S@@](=O)C(C)(C)C)c2ccccc2)c2ccco2)cc1. The first-order chi connectivity index (χ1) is 15.1. The molecule has 1 aromatic heterocycles. The molecule has 8 heteroatoms. The highest BCUT2D eigenvalue weighted by Crippen LogP contribution is 2.30. The largest absolute Gasteiger partial charge is 0.468 e. The summed E-state index contributed by atoms with van der Waals surface area (Å²) in [6.07, 6.45) is 1.82. The zero-order chi connectivity index (χ0) is 23.4. The van der Waals surface area contributed by atoms with Gasteiger partial charge in [0.2, 0.25) is 10.0 Å². The van der Waals surface area contributed by atoms with Crippen LogP contribution in [0.25, 0.3) is 0 Å². The Labute approximate surface area is 193 Å². The highest BCUT2D eigenvalue weighted by molar-refractivity contribution is 7.89. The van der Waals surface area contributed by atoms with Gasteiger partial charge in [0.15, 0.2) is 0 Å². The third kappa shape index (κ3) is 6.38. The molecule has 0 saturated carbocycles. The first-order valence-electron chi connectivity index (χ1n) is 10.4. The molecular weight excluding hydrogens is 444 g/mol. The van der Waals surface area contributed by atoms with Gasteiger partial charge in [-0.15, -0.1) is 0 Å². The van der Waals surface area contributed by atoms with E-state index in [1.165, 1.54) is 6.26 Å². The third-order valence-corrected chi connectivity index (χ3v) is 8.09. The molecule has 0 unspecified atom stereocenters. The van der Waals surface area contributed by atoms with E-state index in [1.807, 2.05) is 58.0 Å². The fourth-order valence-corrected chi connectivity index (χ4v) is 5.23. The second-order valence-corrected chi connectivity index (χ2v) is 12.4. The van der Waals surface area contributed by atoms with Gasteiger partial charge in [-0.05, 0) is 63.9 Å². The second-order valence-electron chi connectivity index (χ2n) is 8.70. The molecule has 0 fully saturated rings. The van der Waals surface area contributed by atoms with Crippen molar-refractivity contribution in [1.82, 2.24) is 9.44 Å². The van der Waals surface area contributed by atoms with Crippen molar-refractivity contribution in [3.05, 3.63) is 89.9 Å². The summed E-state index contributed by atoms with van der Waals surface area (Å²) in [5.74, 6) is 0.491. The Kier molecular flexibility index (Phi) is 7.71. The van der Waals surface area contributed by atoms with Crippen LogP contribution in [-0.2, 0) is 21.0 Å². The van der Waals surface area contributed by atoms with Gasteiger partial charge < -0.3 is 4.42 Å². The summed E-state index contributed by atoms with van der Waals surface area (Å²) in [7, 11) is -5.15. The maximum atomic E-state index is 13.1. The van der Waals surface area contributed by atoms with Crippen LogP contribution >= 0.6 is 0 Å². The molecule has 1 heterocycles. The van der Waals surface area contributed by atoms with Gasteiger partial charge in [0, 0.05) is 6.04 Å². The molecule has 3 aromatic rings. The van der Waals surface area contributed by atoms with Crippen LogP contribution in [0.1, 0.15) is 56.2 Å². The Morgan fingerprint density at radius 1 is 0.938 bits per heavy atom. The summed E-state index contributed by atoms with van der Waals surface area (Å²) < 4.78 is 50.2. The summed E-state index contributed by atoms with van der Waals surface area (Å²) in [5.41, 5.74) is 1.89. The van der Waals surface area contributed by atoms with Crippen LogP contribution in [0.3, 0.4) is 0 Å². The van der Waals surface area contributed by atoms with Crippen molar-refractivity contribution in [2.24, 2.45) is 0 Å². The van der Waals surface area contributed by atoms with Gasteiger partial charge in [0.05, 0.1) is 32.9 Å². The Hall–Kier alpha value is -2.26. The molecule has 0 amide bonds. The van der Waals surface area contributed by atoms with Gasteiger partial charge in [0.25, 0.3) is 0 Å². The molecule has 32 heavy (non-hydrogen) atoms. The van der Waals surface area contributed by atoms with E-state index in [1.54, 1.807) is 36.4 Å². The lowest BCUT2D eigenvalue weighted by atomic mass is 9.99. The first-order valence-corrected chi connectivity index (χ1v) is 13.0. The molecule has 0 aliphatic heterocycles. The van der Waals surface area contributed by atoms with Gasteiger partial charge in [-0.3, -0.25) is 0 Å². The number of hydrogen-bond acceptors (Lipinski definition) is 4. The fourth-order valence-electron chi connectivity index (χ4n) is 3.16. The van der Waals surface area contributed by atoms with E-state index in [0.29, 0.717) is 12.2 Å². The van der Waals surface area contributed by atoms with Crippen LogP contribution in [0.4, 0.5) is 0 Å². The van der Waals surface area contributed by atoms with Crippen molar-refractivity contribution in [2.75, 3.05) is 0 Å². The van der Waals surface area contributed by atoms with Crippen molar-refractivity contribution in [3.63, 3.8) is 0 Å². The van der Waals surface area contributed by atoms with Crippen LogP contribution in [0, 0.1) is 6.92 Å². The van der Waals surface area contributed by atoms with E-state index in [-0.39, 0.29) is 10.9 Å². The minimum Gasteiger partial charge on any atom is -0.468 e. The number of sulfonamides is 1. The van der Waals surface area contributed by atoms with Crippen molar-refractivity contribution < 1.29 is 17.0 Å². The predicted octanol–water partition coefficient (Wildman–Crippen LogP) is 4.79. The molecule has 2 aromatic carbocycles. The number of nitrogens with one attached hydrogen (secondary N) is 2. The van der Waals surface area contributed by atoms with E-state index in [9.17, 15) is 12.6 Å². The fraction of sp³-hybridized carbons (Fsp3) is 0.333. The van der Waals surface area contributed by atoms with E-state index in [0.717, 1.165) is 11.1 Å². The molecule has 172 valence electrons. The summed E-state index contributed by atoms with van der Waals surface area (Å²) in [4.78, 5) is 0.183. The second kappa shape index (κ2) is 10.1. The van der Waals surface area contributed by atoms with Gasteiger partial charge in [-0.2, -0.15) is 0 Å². The Morgan fingerprint density at radius 3 is 2.16 bits per heavy atom. The number of furan rings is 1. The molecular formula is C24H30N2O4S2. The molecule has 0 bridgehead atoms. The smallest absolute Gasteiger partial charge is 0.241 e. The first kappa shape index (κ1) is 24.4. The van der Waals surface area contributed by atoms with Gasteiger partial charge in [0.1, 0.15) is 5.76 Å². The predicted molar refractivity (Wildman–Crippen MR) is 128 cm³/mol. The van der Waals surface area contributed by atoms with E-state index >= 15 is 0 Å². The third-order valence-electron chi connectivity index (χ3n) is 4.99. The van der Waals surface area contributed by atoms with E-state index < -0.39 is 31.8 Å². The zero-order valence-electron chi connectivity index (χ0n) is 18.7. The van der Waals surface area contributed by atoms with Gasteiger partial charge in [-0.1, -0.05) is 48.0 Å². The number of aryl methyl sites for hydroxylation is 1. The zero-order valence-corrected chi connectivity index (χ0v) is 20.4. The minimum atomic E-state index is -3.80. The summed E-state index contributed by atoms with van der Waals surface area (Å²) in [6.45, 7) is 7.58. The molecule has 0 aliphatic carbocycles. The Bertz CT molecular complexity index is 1120. The van der Waals surface area contributed by atoms with Crippen molar-refractivity contribution in [1.29, 1.82) is 0 Å². The number of benzene rings is 2. The molecule has 0 saturated heterocycles. The minimum absolute atomic E-state index is 0.183. The van der Waals surface area contributed by atoms with Crippen molar-refractivity contribution in [3.8, 4) is 0 Å². The molecule has 0 spiro atoms. The summed E-state index contributed by atoms with van der Waals surface area (Å²) in [5, 5.41) is 0. The van der Waals surface area contributed by atoms with E-state index in [2.05, 4.69) is 9.44 Å². The number of rotatable bonds is 9. The average molecular weight is 475 g/mol. The van der Waals surface area contributed by atoms with Gasteiger partial charge in [-0.25, -0.2) is 22.1 Å². The number of hydrogen-bond donors (Lipinski definition) is 2. The summed E-state index contributed by atoms with van der Waals surface area (Å²) in [6, 6.07) is 18.7. The standard InChI is InChI=1S/C24H30N2O4S2/c1-18-12-14-20(15-13-18)32(28,29)26-22(23-11-8-16-30-23)17-21(19-9-6-5-7-10-19)25-31(27)24(2,3)4/h5-16,21-22,25-26H,17H2,1-4H3/t21-,22-,31-/m0/s1. The molecule has 2 N–H and O–H groups in total. The Morgan fingerprint density at radius 2 is 1.59 bits per heavy atom. The van der Waals surface area contributed by atoms with Crippen LogP contribution in [0.15, 0.2) is 82.3 Å². The maximum absolute atomic E-state index is 13.1. The van der Waals surface area contributed by atoms with Crippen molar-refractivity contribution >= 4 is 21.0 Å².